The molecule has 1 aliphatic carbocycles. The summed E-state index contributed by atoms with van der Waals surface area (Å²) in [4.78, 5) is 2.41. The normalized spacial score (nSPS) is 16.7. The highest BCUT2D eigenvalue weighted by Gasteiger charge is 2.30. The minimum absolute atomic E-state index is 0.109. The number of rotatable bonds is 5. The minimum atomic E-state index is -0.109. The molecule has 1 saturated carbocycles. The van der Waals surface area contributed by atoms with Crippen molar-refractivity contribution in [3.8, 4) is 0 Å². The lowest BCUT2D eigenvalue weighted by molar-refractivity contribution is 0.599. The molecule has 18 heavy (non-hydrogen) atoms. The van der Waals surface area contributed by atoms with Crippen molar-refractivity contribution in [2.45, 2.75) is 45.7 Å². The van der Waals surface area contributed by atoms with Crippen LogP contribution in [0.2, 0.25) is 0 Å². The number of nitrogens with one attached hydrogen (secondary N) is 1. The SMILES string of the molecule is CCN(c1cc(C)c(F)cc1C(C)NC)C1CC1. The summed E-state index contributed by atoms with van der Waals surface area (Å²) in [5, 5.41) is 3.21. The Morgan fingerprint density at radius 2 is 2.11 bits per heavy atom. The third kappa shape index (κ3) is 2.51. The van der Waals surface area contributed by atoms with Crippen LogP contribution in [0.1, 0.15) is 43.9 Å². The summed E-state index contributed by atoms with van der Waals surface area (Å²) in [6.45, 7) is 7.08. The highest BCUT2D eigenvalue weighted by molar-refractivity contribution is 5.58. The van der Waals surface area contributed by atoms with Crippen molar-refractivity contribution in [1.82, 2.24) is 5.32 Å². The number of hydrogen-bond acceptors (Lipinski definition) is 2. The fourth-order valence-corrected chi connectivity index (χ4v) is 2.44. The van der Waals surface area contributed by atoms with Crippen molar-refractivity contribution in [2.75, 3.05) is 18.5 Å². The van der Waals surface area contributed by atoms with Crippen LogP contribution >= 0.6 is 0 Å². The highest BCUT2D eigenvalue weighted by atomic mass is 19.1. The van der Waals surface area contributed by atoms with Gasteiger partial charge in [0.25, 0.3) is 0 Å². The van der Waals surface area contributed by atoms with E-state index in [0.29, 0.717) is 6.04 Å². The average molecular weight is 250 g/mol. The molecule has 1 fully saturated rings. The Morgan fingerprint density at radius 3 is 2.61 bits per heavy atom. The molecule has 1 aromatic rings. The van der Waals surface area contributed by atoms with Crippen LogP contribution in [0.15, 0.2) is 12.1 Å². The summed E-state index contributed by atoms with van der Waals surface area (Å²) < 4.78 is 13.8. The lowest BCUT2D eigenvalue weighted by Crippen LogP contribution is -2.28. The van der Waals surface area contributed by atoms with E-state index in [1.165, 1.54) is 18.5 Å². The minimum Gasteiger partial charge on any atom is -0.369 e. The van der Waals surface area contributed by atoms with Gasteiger partial charge >= 0.3 is 0 Å². The molecule has 2 rings (SSSR count). The Morgan fingerprint density at radius 1 is 1.44 bits per heavy atom. The maximum Gasteiger partial charge on any atom is 0.126 e. The summed E-state index contributed by atoms with van der Waals surface area (Å²) in [5.74, 6) is -0.109. The van der Waals surface area contributed by atoms with Crippen LogP contribution in [-0.4, -0.2) is 19.6 Å². The van der Waals surface area contributed by atoms with Gasteiger partial charge in [-0.25, -0.2) is 4.39 Å². The van der Waals surface area contributed by atoms with E-state index in [0.717, 1.165) is 17.7 Å². The predicted molar refractivity (Wildman–Crippen MR) is 74.7 cm³/mol. The smallest absolute Gasteiger partial charge is 0.126 e. The summed E-state index contributed by atoms with van der Waals surface area (Å²) >= 11 is 0. The number of anilines is 1. The summed E-state index contributed by atoms with van der Waals surface area (Å²) in [7, 11) is 1.92. The quantitative estimate of drug-likeness (QED) is 0.861. The molecule has 0 heterocycles. The summed E-state index contributed by atoms with van der Waals surface area (Å²) in [5.41, 5.74) is 2.99. The number of aryl methyl sites for hydroxylation is 1. The van der Waals surface area contributed by atoms with E-state index in [4.69, 9.17) is 0 Å². The molecule has 1 aromatic carbocycles. The largest absolute Gasteiger partial charge is 0.369 e. The number of halogens is 1. The van der Waals surface area contributed by atoms with Crippen molar-refractivity contribution in [3.05, 3.63) is 29.1 Å². The molecular weight excluding hydrogens is 227 g/mol. The second-order valence-corrected chi connectivity index (χ2v) is 5.19. The van der Waals surface area contributed by atoms with Gasteiger partial charge in [0.05, 0.1) is 0 Å². The number of benzene rings is 1. The van der Waals surface area contributed by atoms with Crippen molar-refractivity contribution < 1.29 is 4.39 Å². The van der Waals surface area contributed by atoms with Crippen LogP contribution in [0.4, 0.5) is 10.1 Å². The summed E-state index contributed by atoms with van der Waals surface area (Å²) in [6, 6.07) is 4.52. The fourth-order valence-electron chi connectivity index (χ4n) is 2.44. The van der Waals surface area contributed by atoms with Crippen LogP contribution in [-0.2, 0) is 0 Å². The van der Waals surface area contributed by atoms with Gasteiger partial charge in [-0.1, -0.05) is 0 Å². The van der Waals surface area contributed by atoms with Crippen LogP contribution in [0.25, 0.3) is 0 Å². The topological polar surface area (TPSA) is 15.3 Å². The Hall–Kier alpha value is -1.09. The lowest BCUT2D eigenvalue weighted by Gasteiger charge is -2.28. The van der Waals surface area contributed by atoms with E-state index in [1.807, 2.05) is 20.0 Å². The van der Waals surface area contributed by atoms with Gasteiger partial charge in [0.15, 0.2) is 0 Å². The Bertz CT molecular complexity index is 427. The molecule has 1 atom stereocenters. The molecule has 0 spiro atoms. The van der Waals surface area contributed by atoms with E-state index >= 15 is 0 Å². The molecule has 0 aromatic heterocycles. The fraction of sp³-hybridized carbons (Fsp3) is 0.600. The van der Waals surface area contributed by atoms with E-state index in [9.17, 15) is 4.39 Å². The number of nitrogens with zero attached hydrogens (tertiary/aromatic N) is 1. The molecule has 0 saturated heterocycles. The molecular formula is C15H23FN2. The van der Waals surface area contributed by atoms with Crippen LogP contribution in [0, 0.1) is 12.7 Å². The standard InChI is InChI=1S/C15H23FN2/c1-5-18(12-6-7-12)15-8-10(2)14(16)9-13(15)11(3)17-4/h8-9,11-12,17H,5-7H2,1-4H3. The van der Waals surface area contributed by atoms with Gasteiger partial charge in [-0.05, 0) is 63.9 Å². The van der Waals surface area contributed by atoms with Gasteiger partial charge < -0.3 is 10.2 Å². The first-order valence-corrected chi connectivity index (χ1v) is 6.82. The molecule has 1 N–H and O–H groups in total. The van der Waals surface area contributed by atoms with Gasteiger partial charge in [0, 0.05) is 24.3 Å². The second-order valence-electron chi connectivity index (χ2n) is 5.19. The molecule has 0 aliphatic heterocycles. The molecule has 3 heteroatoms. The van der Waals surface area contributed by atoms with E-state index in [2.05, 4.69) is 24.1 Å². The Balaban J connectivity index is 2.45. The Labute approximate surface area is 109 Å². The molecule has 1 aliphatic rings. The third-order valence-corrected chi connectivity index (χ3v) is 3.85. The first-order chi connectivity index (χ1) is 8.58. The lowest BCUT2D eigenvalue weighted by atomic mass is 10.0. The highest BCUT2D eigenvalue weighted by Crippen LogP contribution is 2.36. The molecule has 100 valence electrons. The zero-order valence-corrected chi connectivity index (χ0v) is 11.8. The monoisotopic (exact) mass is 250 g/mol. The van der Waals surface area contributed by atoms with Crippen molar-refractivity contribution in [3.63, 3.8) is 0 Å². The molecule has 2 nitrogen and oxygen atoms in total. The van der Waals surface area contributed by atoms with Crippen LogP contribution in [0.3, 0.4) is 0 Å². The van der Waals surface area contributed by atoms with Gasteiger partial charge in [-0.3, -0.25) is 0 Å². The predicted octanol–water partition coefficient (Wildman–Crippen LogP) is 3.40. The summed E-state index contributed by atoms with van der Waals surface area (Å²) in [6.07, 6.45) is 2.52. The molecule has 1 unspecified atom stereocenters. The average Bonchev–Trinajstić information content (AvgIpc) is 3.17. The first kappa shape index (κ1) is 13.3. The molecule has 0 amide bonds. The van der Waals surface area contributed by atoms with Gasteiger partial charge in [-0.2, -0.15) is 0 Å². The van der Waals surface area contributed by atoms with Gasteiger partial charge in [-0.15, -0.1) is 0 Å². The van der Waals surface area contributed by atoms with Crippen LogP contribution in [0.5, 0.6) is 0 Å². The maximum atomic E-state index is 13.8. The van der Waals surface area contributed by atoms with E-state index in [1.54, 1.807) is 6.07 Å². The Kier molecular flexibility index (Phi) is 3.91. The van der Waals surface area contributed by atoms with Gasteiger partial charge in [0.2, 0.25) is 0 Å². The first-order valence-electron chi connectivity index (χ1n) is 6.82. The molecule has 0 bridgehead atoms. The third-order valence-electron chi connectivity index (χ3n) is 3.85. The second kappa shape index (κ2) is 5.27. The van der Waals surface area contributed by atoms with Crippen molar-refractivity contribution in [2.24, 2.45) is 0 Å². The van der Waals surface area contributed by atoms with Crippen molar-refractivity contribution >= 4 is 5.69 Å². The van der Waals surface area contributed by atoms with E-state index in [-0.39, 0.29) is 11.9 Å². The van der Waals surface area contributed by atoms with E-state index < -0.39 is 0 Å². The molecule has 0 radical (unpaired) electrons. The van der Waals surface area contributed by atoms with Gasteiger partial charge in [0.1, 0.15) is 5.82 Å². The maximum absolute atomic E-state index is 13.8. The van der Waals surface area contributed by atoms with Crippen molar-refractivity contribution in [1.29, 1.82) is 0 Å². The zero-order chi connectivity index (χ0) is 13.3. The zero-order valence-electron chi connectivity index (χ0n) is 11.8. The van der Waals surface area contributed by atoms with Crippen LogP contribution < -0.4 is 10.2 Å². The number of hydrogen-bond donors (Lipinski definition) is 1.